The van der Waals surface area contributed by atoms with Crippen LogP contribution in [0.5, 0.6) is 17.2 Å². The molecule has 1 atom stereocenters. The number of benzene rings is 4. The van der Waals surface area contributed by atoms with E-state index in [0.29, 0.717) is 36.6 Å². The van der Waals surface area contributed by atoms with Gasteiger partial charge < -0.3 is 30.6 Å². The number of nitrogens with two attached hydrogens (primary N) is 1. The number of aliphatic hydroxyl groups excluding tert-OH is 1. The van der Waals surface area contributed by atoms with E-state index in [1.165, 1.54) is 0 Å². The molecule has 1 heterocycles. The third kappa shape index (κ3) is 5.96. The highest BCUT2D eigenvalue weighted by Gasteiger charge is 2.12. The number of hydrogen-bond acceptors (Lipinski definition) is 5. The SMILES string of the molecule is NC(=O)c1ccc(Oc2ccccc2C[C@H](O)CNCCCOc2cccc3[nH]c4ccccc4c23)cc1. The van der Waals surface area contributed by atoms with Crippen LogP contribution in [-0.4, -0.2) is 41.8 Å². The summed E-state index contributed by atoms with van der Waals surface area (Å²) in [4.78, 5) is 14.7. The molecule has 0 aliphatic heterocycles. The maximum absolute atomic E-state index is 11.3. The molecule has 0 fully saturated rings. The van der Waals surface area contributed by atoms with Crippen LogP contribution in [0, 0.1) is 0 Å². The zero-order valence-corrected chi connectivity index (χ0v) is 21.0. The average molecular weight is 510 g/mol. The van der Waals surface area contributed by atoms with Crippen molar-refractivity contribution in [3.8, 4) is 17.2 Å². The Kier molecular flexibility index (Phi) is 7.87. The minimum absolute atomic E-state index is 0.424. The van der Waals surface area contributed by atoms with E-state index in [4.69, 9.17) is 15.2 Å². The molecule has 4 aromatic carbocycles. The van der Waals surface area contributed by atoms with E-state index < -0.39 is 12.0 Å². The van der Waals surface area contributed by atoms with Crippen LogP contribution >= 0.6 is 0 Å². The largest absolute Gasteiger partial charge is 0.493 e. The lowest BCUT2D eigenvalue weighted by Gasteiger charge is -2.15. The first-order valence-corrected chi connectivity index (χ1v) is 12.7. The van der Waals surface area contributed by atoms with Crippen LogP contribution in [0.2, 0.25) is 0 Å². The Hall–Kier alpha value is -4.33. The number of primary amides is 1. The zero-order chi connectivity index (χ0) is 26.3. The summed E-state index contributed by atoms with van der Waals surface area (Å²) < 4.78 is 12.1. The Labute approximate surface area is 221 Å². The highest BCUT2D eigenvalue weighted by atomic mass is 16.5. The maximum atomic E-state index is 11.3. The molecule has 0 aliphatic rings. The van der Waals surface area contributed by atoms with Crippen LogP contribution in [-0.2, 0) is 6.42 Å². The summed E-state index contributed by atoms with van der Waals surface area (Å²) >= 11 is 0. The van der Waals surface area contributed by atoms with Crippen molar-refractivity contribution in [3.63, 3.8) is 0 Å². The summed E-state index contributed by atoms with van der Waals surface area (Å²) in [5, 5.41) is 16.2. The molecule has 0 spiro atoms. The number of para-hydroxylation sites is 2. The van der Waals surface area contributed by atoms with Gasteiger partial charge in [-0.2, -0.15) is 0 Å². The molecule has 1 aromatic heterocycles. The lowest BCUT2D eigenvalue weighted by Crippen LogP contribution is -2.29. The number of rotatable bonds is 12. The Morgan fingerprint density at radius 2 is 1.63 bits per heavy atom. The Morgan fingerprint density at radius 1 is 0.895 bits per heavy atom. The summed E-state index contributed by atoms with van der Waals surface area (Å²) in [7, 11) is 0. The molecule has 0 saturated heterocycles. The van der Waals surface area contributed by atoms with Crippen molar-refractivity contribution < 1.29 is 19.4 Å². The van der Waals surface area contributed by atoms with Gasteiger partial charge in [0.2, 0.25) is 5.91 Å². The Bertz CT molecular complexity index is 1530. The van der Waals surface area contributed by atoms with Crippen LogP contribution in [0.4, 0.5) is 0 Å². The molecule has 0 bridgehead atoms. The fraction of sp³-hybridized carbons (Fsp3) is 0.194. The van der Waals surface area contributed by atoms with Gasteiger partial charge in [0.15, 0.2) is 0 Å². The van der Waals surface area contributed by atoms with E-state index in [9.17, 15) is 9.90 Å². The van der Waals surface area contributed by atoms with Gasteiger partial charge in [-0.3, -0.25) is 4.79 Å². The van der Waals surface area contributed by atoms with E-state index >= 15 is 0 Å². The molecule has 194 valence electrons. The van der Waals surface area contributed by atoms with Crippen molar-refractivity contribution in [2.24, 2.45) is 5.73 Å². The number of aliphatic hydroxyl groups is 1. The fourth-order valence-electron chi connectivity index (χ4n) is 4.55. The highest BCUT2D eigenvalue weighted by molar-refractivity contribution is 6.10. The second kappa shape index (κ2) is 11.8. The van der Waals surface area contributed by atoms with E-state index in [-0.39, 0.29) is 0 Å². The van der Waals surface area contributed by atoms with E-state index in [2.05, 4.69) is 28.5 Å². The first-order valence-electron chi connectivity index (χ1n) is 12.7. The molecule has 0 unspecified atom stereocenters. The maximum Gasteiger partial charge on any atom is 0.248 e. The fourth-order valence-corrected chi connectivity index (χ4v) is 4.55. The molecular weight excluding hydrogens is 478 g/mol. The van der Waals surface area contributed by atoms with Crippen molar-refractivity contribution in [1.82, 2.24) is 10.3 Å². The van der Waals surface area contributed by atoms with Gasteiger partial charge in [0.1, 0.15) is 17.2 Å². The quantitative estimate of drug-likeness (QED) is 0.173. The van der Waals surface area contributed by atoms with Crippen LogP contribution in [0.1, 0.15) is 22.3 Å². The standard InChI is InChI=1S/C31H31N3O4/c32-31(36)21-13-15-24(16-14-21)38-28-11-4-1-7-22(28)19-23(35)20-33-17-6-18-37-29-12-5-10-27-30(29)25-8-2-3-9-26(25)34-27/h1-5,7-16,23,33-35H,6,17-20H2,(H2,32,36)/t23-/m0/s1. The number of hydrogen-bond donors (Lipinski definition) is 4. The summed E-state index contributed by atoms with van der Waals surface area (Å²) in [5.74, 6) is 1.66. The number of H-pyrrole nitrogens is 1. The monoisotopic (exact) mass is 509 g/mol. The summed E-state index contributed by atoms with van der Waals surface area (Å²) in [5.41, 5.74) is 8.79. The van der Waals surface area contributed by atoms with Gasteiger partial charge in [0, 0.05) is 34.8 Å². The predicted molar refractivity (Wildman–Crippen MR) is 150 cm³/mol. The lowest BCUT2D eigenvalue weighted by atomic mass is 10.1. The molecule has 38 heavy (non-hydrogen) atoms. The molecule has 5 N–H and O–H groups in total. The number of amides is 1. The van der Waals surface area contributed by atoms with Crippen molar-refractivity contribution in [3.05, 3.63) is 102 Å². The number of aromatic amines is 1. The summed E-state index contributed by atoms with van der Waals surface area (Å²) in [6, 6.07) is 28.6. The van der Waals surface area contributed by atoms with Crippen molar-refractivity contribution in [2.45, 2.75) is 18.9 Å². The second-order valence-electron chi connectivity index (χ2n) is 9.21. The van der Waals surface area contributed by atoms with E-state index in [1.807, 2.05) is 48.5 Å². The molecule has 5 rings (SSSR count). The van der Waals surface area contributed by atoms with Crippen LogP contribution in [0.25, 0.3) is 21.8 Å². The number of ether oxygens (including phenoxy) is 2. The lowest BCUT2D eigenvalue weighted by molar-refractivity contribution is 0.1000. The third-order valence-corrected chi connectivity index (χ3v) is 6.42. The third-order valence-electron chi connectivity index (χ3n) is 6.42. The minimum Gasteiger partial charge on any atom is -0.493 e. The Morgan fingerprint density at radius 3 is 2.47 bits per heavy atom. The number of carbonyl (C=O) groups is 1. The molecule has 7 heteroatoms. The highest BCUT2D eigenvalue weighted by Crippen LogP contribution is 2.33. The second-order valence-corrected chi connectivity index (χ2v) is 9.21. The van der Waals surface area contributed by atoms with Crippen LogP contribution < -0.4 is 20.5 Å². The van der Waals surface area contributed by atoms with E-state index in [1.54, 1.807) is 24.3 Å². The number of carbonyl (C=O) groups excluding carboxylic acids is 1. The predicted octanol–water partition coefficient (Wildman–Crippen LogP) is 5.17. The van der Waals surface area contributed by atoms with Gasteiger partial charge in [-0.15, -0.1) is 0 Å². The minimum atomic E-state index is -0.571. The van der Waals surface area contributed by atoms with Gasteiger partial charge >= 0.3 is 0 Å². The molecule has 0 aliphatic carbocycles. The normalized spacial score (nSPS) is 12.0. The van der Waals surface area contributed by atoms with Gasteiger partial charge in [-0.1, -0.05) is 42.5 Å². The van der Waals surface area contributed by atoms with Gasteiger partial charge in [0.25, 0.3) is 0 Å². The molecule has 5 aromatic rings. The molecule has 0 radical (unpaired) electrons. The van der Waals surface area contributed by atoms with Gasteiger partial charge in [0.05, 0.1) is 18.2 Å². The van der Waals surface area contributed by atoms with E-state index in [0.717, 1.165) is 46.1 Å². The van der Waals surface area contributed by atoms with Gasteiger partial charge in [-0.05, 0) is 67.1 Å². The number of aromatic nitrogens is 1. The topological polar surface area (TPSA) is 110 Å². The molecule has 0 saturated carbocycles. The molecule has 1 amide bonds. The molecule has 7 nitrogen and oxygen atoms in total. The average Bonchev–Trinajstić information content (AvgIpc) is 3.31. The van der Waals surface area contributed by atoms with Crippen molar-refractivity contribution >= 4 is 27.7 Å². The summed E-state index contributed by atoms with van der Waals surface area (Å²) in [6.07, 6.45) is 0.687. The first kappa shape index (κ1) is 25.3. The first-order chi connectivity index (χ1) is 18.6. The number of fused-ring (bicyclic) bond motifs is 3. The molecular formula is C31H31N3O4. The van der Waals surface area contributed by atoms with Crippen LogP contribution in [0.15, 0.2) is 91.0 Å². The smallest absolute Gasteiger partial charge is 0.248 e. The van der Waals surface area contributed by atoms with Crippen molar-refractivity contribution in [2.75, 3.05) is 19.7 Å². The van der Waals surface area contributed by atoms with Crippen molar-refractivity contribution in [1.29, 1.82) is 0 Å². The number of nitrogens with one attached hydrogen (secondary N) is 2. The van der Waals surface area contributed by atoms with Gasteiger partial charge in [-0.25, -0.2) is 0 Å². The van der Waals surface area contributed by atoms with Crippen LogP contribution in [0.3, 0.4) is 0 Å². The zero-order valence-electron chi connectivity index (χ0n) is 21.0. The Balaban J connectivity index is 1.08. The summed E-state index contributed by atoms with van der Waals surface area (Å²) in [6.45, 7) is 1.76.